The lowest BCUT2D eigenvalue weighted by Gasteiger charge is -2.19. The molecule has 0 bridgehead atoms. The molecule has 0 saturated carbocycles. The number of H-pyrrole nitrogens is 1. The van der Waals surface area contributed by atoms with Gasteiger partial charge in [0.2, 0.25) is 0 Å². The Hall–Kier alpha value is -4.00. The highest BCUT2D eigenvalue weighted by Gasteiger charge is 2.16. The summed E-state index contributed by atoms with van der Waals surface area (Å²) in [4.78, 5) is 35.2. The molecular weight excluding hydrogens is 416 g/mol. The third kappa shape index (κ3) is 4.62. The van der Waals surface area contributed by atoms with Gasteiger partial charge in [-0.15, -0.1) is 0 Å². The Bertz CT molecular complexity index is 1350. The van der Waals surface area contributed by atoms with E-state index in [1.165, 1.54) is 11.9 Å². The van der Waals surface area contributed by atoms with E-state index in [9.17, 15) is 14.7 Å². The number of aromatic carboxylic acids is 1. The molecule has 0 aliphatic rings. The Balaban J connectivity index is 1.51. The number of carbonyl (C=O) groups is 2. The molecule has 3 N–H and O–H groups in total. The molecule has 33 heavy (non-hydrogen) atoms. The minimum atomic E-state index is -1.05. The minimum Gasteiger partial charge on any atom is -0.477 e. The van der Waals surface area contributed by atoms with Crippen molar-refractivity contribution in [2.75, 3.05) is 0 Å². The van der Waals surface area contributed by atoms with E-state index in [4.69, 9.17) is 0 Å². The van der Waals surface area contributed by atoms with Crippen LogP contribution in [0.2, 0.25) is 0 Å². The fraction of sp³-hybridized carbons (Fsp3) is 0.231. The Morgan fingerprint density at radius 2 is 1.76 bits per heavy atom. The van der Waals surface area contributed by atoms with E-state index >= 15 is 0 Å². The quantitative estimate of drug-likeness (QED) is 0.409. The zero-order valence-electron chi connectivity index (χ0n) is 19.1. The summed E-state index contributed by atoms with van der Waals surface area (Å²) < 4.78 is 0. The van der Waals surface area contributed by atoms with E-state index in [2.05, 4.69) is 41.0 Å². The molecule has 0 radical (unpaired) electrons. The summed E-state index contributed by atoms with van der Waals surface area (Å²) in [5, 5.41) is 12.9. The molecule has 1 amide bonds. The molecule has 7 nitrogen and oxygen atoms in total. The number of amides is 1. The molecule has 2 aromatic heterocycles. The van der Waals surface area contributed by atoms with Crippen molar-refractivity contribution in [2.45, 2.75) is 39.7 Å². The average Bonchev–Trinajstić information content (AvgIpc) is 3.22. The molecule has 0 aliphatic heterocycles. The number of nitrogens with zero attached hydrogens (tertiary/aromatic N) is 2. The fourth-order valence-corrected chi connectivity index (χ4v) is 3.73. The first kappa shape index (κ1) is 22.2. The number of carboxylic acid groups (broad SMARTS) is 1. The van der Waals surface area contributed by atoms with Crippen LogP contribution in [0.15, 0.2) is 54.9 Å². The topological polar surface area (TPSA) is 108 Å². The van der Waals surface area contributed by atoms with Gasteiger partial charge in [-0.25, -0.2) is 14.8 Å². The van der Waals surface area contributed by atoms with Crippen molar-refractivity contribution in [3.63, 3.8) is 0 Å². The molecule has 2 heterocycles. The van der Waals surface area contributed by atoms with Crippen molar-refractivity contribution >= 4 is 22.9 Å². The molecule has 0 aliphatic carbocycles. The largest absolute Gasteiger partial charge is 0.477 e. The molecule has 0 fully saturated rings. The van der Waals surface area contributed by atoms with Crippen LogP contribution in [0.5, 0.6) is 0 Å². The van der Waals surface area contributed by atoms with Gasteiger partial charge in [-0.05, 0) is 53.3 Å². The van der Waals surface area contributed by atoms with Crippen LogP contribution in [-0.2, 0) is 12.0 Å². The van der Waals surface area contributed by atoms with E-state index in [0.717, 1.165) is 16.7 Å². The number of aryl methyl sites for hydroxylation is 1. The molecule has 0 atom stereocenters. The van der Waals surface area contributed by atoms with Gasteiger partial charge >= 0.3 is 5.97 Å². The Labute approximate surface area is 191 Å². The standard InChI is InChI=1S/C26H26N4O3/c1-15-11-17(22-20-12-21(25(32)33)30-23(20)29-14-28-22)5-6-18(15)13-27-24(31)16-7-9-19(10-8-16)26(2,3)4/h5-12,14H,13H2,1-4H3,(H,27,31)(H,32,33)(H,28,29,30). The summed E-state index contributed by atoms with van der Waals surface area (Å²) >= 11 is 0. The maximum Gasteiger partial charge on any atom is 0.352 e. The van der Waals surface area contributed by atoms with Crippen LogP contribution >= 0.6 is 0 Å². The van der Waals surface area contributed by atoms with E-state index in [1.54, 1.807) is 6.07 Å². The molecule has 7 heteroatoms. The number of carboxylic acids is 1. The Morgan fingerprint density at radius 1 is 1.03 bits per heavy atom. The maximum atomic E-state index is 12.6. The monoisotopic (exact) mass is 442 g/mol. The van der Waals surface area contributed by atoms with Crippen molar-refractivity contribution in [2.24, 2.45) is 0 Å². The van der Waals surface area contributed by atoms with Crippen LogP contribution < -0.4 is 5.32 Å². The summed E-state index contributed by atoms with van der Waals surface area (Å²) in [7, 11) is 0. The van der Waals surface area contributed by atoms with E-state index in [-0.39, 0.29) is 17.0 Å². The number of carbonyl (C=O) groups excluding carboxylic acids is 1. The van der Waals surface area contributed by atoms with Gasteiger partial charge in [0.15, 0.2) is 0 Å². The van der Waals surface area contributed by atoms with Gasteiger partial charge in [-0.2, -0.15) is 0 Å². The van der Waals surface area contributed by atoms with Crippen molar-refractivity contribution in [3.8, 4) is 11.3 Å². The highest BCUT2D eigenvalue weighted by Crippen LogP contribution is 2.28. The Kier molecular flexibility index (Phi) is 5.72. The molecular formula is C26H26N4O3. The van der Waals surface area contributed by atoms with Gasteiger partial charge in [0.05, 0.1) is 5.69 Å². The molecule has 0 saturated heterocycles. The van der Waals surface area contributed by atoms with Gasteiger partial charge in [0.1, 0.15) is 17.7 Å². The number of hydrogen-bond donors (Lipinski definition) is 3. The predicted molar refractivity (Wildman–Crippen MR) is 127 cm³/mol. The molecule has 168 valence electrons. The van der Waals surface area contributed by atoms with Crippen molar-refractivity contribution in [3.05, 3.63) is 82.8 Å². The van der Waals surface area contributed by atoms with Crippen molar-refractivity contribution < 1.29 is 14.7 Å². The number of benzene rings is 2. The second-order valence-corrected chi connectivity index (χ2v) is 9.12. The lowest BCUT2D eigenvalue weighted by molar-refractivity contribution is 0.0691. The molecule has 0 spiro atoms. The fourth-order valence-electron chi connectivity index (χ4n) is 3.73. The summed E-state index contributed by atoms with van der Waals surface area (Å²) in [5.41, 5.74) is 5.89. The molecule has 4 rings (SSSR count). The van der Waals surface area contributed by atoms with Gasteiger partial charge in [0, 0.05) is 23.1 Å². The molecule has 4 aromatic rings. The third-order valence-electron chi connectivity index (χ3n) is 5.72. The zero-order chi connectivity index (χ0) is 23.8. The normalized spacial score (nSPS) is 11.5. The SMILES string of the molecule is Cc1cc(-c2ncnc3[nH]c(C(=O)O)cc23)ccc1CNC(=O)c1ccc(C(C)(C)C)cc1. The zero-order valence-corrected chi connectivity index (χ0v) is 19.1. The highest BCUT2D eigenvalue weighted by molar-refractivity contribution is 5.98. The van der Waals surface area contributed by atoms with Crippen molar-refractivity contribution in [1.29, 1.82) is 0 Å². The van der Waals surface area contributed by atoms with Crippen LogP contribution in [0.25, 0.3) is 22.3 Å². The minimum absolute atomic E-state index is 0.0404. The number of fused-ring (bicyclic) bond motifs is 1. The average molecular weight is 443 g/mol. The maximum absolute atomic E-state index is 12.6. The van der Waals surface area contributed by atoms with Gasteiger partial charge in [-0.1, -0.05) is 45.0 Å². The third-order valence-corrected chi connectivity index (χ3v) is 5.72. The number of hydrogen-bond acceptors (Lipinski definition) is 4. The van der Waals surface area contributed by atoms with E-state index in [1.807, 2.05) is 49.4 Å². The van der Waals surface area contributed by atoms with Crippen LogP contribution in [0.1, 0.15) is 58.3 Å². The first-order chi connectivity index (χ1) is 15.6. The number of aromatic nitrogens is 3. The number of rotatable bonds is 5. The van der Waals surface area contributed by atoms with Gasteiger partial charge < -0.3 is 15.4 Å². The van der Waals surface area contributed by atoms with Crippen LogP contribution in [-0.4, -0.2) is 31.9 Å². The first-order valence-corrected chi connectivity index (χ1v) is 10.7. The number of aromatic amines is 1. The van der Waals surface area contributed by atoms with Gasteiger partial charge in [0.25, 0.3) is 5.91 Å². The van der Waals surface area contributed by atoms with Crippen LogP contribution in [0.3, 0.4) is 0 Å². The lowest BCUT2D eigenvalue weighted by atomic mass is 9.87. The Morgan fingerprint density at radius 3 is 2.39 bits per heavy atom. The van der Waals surface area contributed by atoms with Crippen LogP contribution in [0.4, 0.5) is 0 Å². The first-order valence-electron chi connectivity index (χ1n) is 10.7. The number of nitrogens with one attached hydrogen (secondary N) is 2. The van der Waals surface area contributed by atoms with Gasteiger partial charge in [-0.3, -0.25) is 4.79 Å². The summed E-state index contributed by atoms with van der Waals surface area (Å²) in [6, 6.07) is 15.1. The molecule has 2 aromatic carbocycles. The second-order valence-electron chi connectivity index (χ2n) is 9.12. The van der Waals surface area contributed by atoms with E-state index in [0.29, 0.717) is 28.8 Å². The summed E-state index contributed by atoms with van der Waals surface area (Å²) in [6.07, 6.45) is 1.41. The predicted octanol–water partition coefficient (Wildman–Crippen LogP) is 4.86. The lowest BCUT2D eigenvalue weighted by Crippen LogP contribution is -2.23. The van der Waals surface area contributed by atoms with Crippen molar-refractivity contribution in [1.82, 2.24) is 20.3 Å². The van der Waals surface area contributed by atoms with Crippen LogP contribution in [0, 0.1) is 6.92 Å². The van der Waals surface area contributed by atoms with E-state index < -0.39 is 5.97 Å². The smallest absolute Gasteiger partial charge is 0.352 e. The highest BCUT2D eigenvalue weighted by atomic mass is 16.4. The molecule has 0 unspecified atom stereocenters. The summed E-state index contributed by atoms with van der Waals surface area (Å²) in [6.45, 7) is 8.80. The summed E-state index contributed by atoms with van der Waals surface area (Å²) in [5.74, 6) is -1.17. The second kappa shape index (κ2) is 8.50.